The molecule has 3 N–H and O–H groups in total. The maximum absolute atomic E-state index is 12.7. The molecule has 0 radical (unpaired) electrons. The van der Waals surface area contributed by atoms with Crippen LogP contribution >= 0.6 is 11.3 Å². The maximum Gasteiger partial charge on any atom is 0.490 e. The molecule has 0 atom stereocenters. The summed E-state index contributed by atoms with van der Waals surface area (Å²) in [5.41, 5.74) is 6.16. The number of nitrogens with zero attached hydrogens (tertiary/aromatic N) is 3. The zero-order chi connectivity index (χ0) is 27.3. The molecular formula is C20H19F5N4O5S2. The third-order valence-corrected chi connectivity index (χ3v) is 6.54. The molecule has 0 unspecified atom stereocenters. The summed E-state index contributed by atoms with van der Waals surface area (Å²) in [5.74, 6) is -2.76. The summed E-state index contributed by atoms with van der Waals surface area (Å²) < 4.78 is 82.6. The molecule has 0 saturated carbocycles. The number of alkyl halides is 3. The predicted octanol–water partition coefficient (Wildman–Crippen LogP) is 2.97. The van der Waals surface area contributed by atoms with E-state index in [0.29, 0.717) is 0 Å². The number of aliphatic carboxylic acids is 1. The lowest BCUT2D eigenvalue weighted by molar-refractivity contribution is -0.192. The fourth-order valence-electron chi connectivity index (χ4n) is 2.65. The minimum Gasteiger partial charge on any atom is -0.475 e. The van der Waals surface area contributed by atoms with Gasteiger partial charge in [-0.15, -0.1) is 11.3 Å². The molecule has 0 amide bonds. The average molecular weight is 555 g/mol. The first-order chi connectivity index (χ1) is 16.6. The second-order valence-electron chi connectivity index (χ2n) is 7.17. The highest BCUT2D eigenvalue weighted by molar-refractivity contribution is 7.90. The molecule has 1 aromatic carbocycles. The molecule has 36 heavy (non-hydrogen) atoms. The van der Waals surface area contributed by atoms with Crippen LogP contribution < -0.4 is 11.4 Å². The smallest absolute Gasteiger partial charge is 0.475 e. The molecule has 2 heterocycles. The van der Waals surface area contributed by atoms with Crippen molar-refractivity contribution in [3.05, 3.63) is 69.1 Å². The molecule has 0 aliphatic heterocycles. The van der Waals surface area contributed by atoms with Crippen molar-refractivity contribution in [1.29, 1.82) is 0 Å². The van der Waals surface area contributed by atoms with Gasteiger partial charge >= 0.3 is 17.8 Å². The molecule has 0 bridgehead atoms. The highest BCUT2D eigenvalue weighted by atomic mass is 32.2. The second kappa shape index (κ2) is 11.6. The lowest BCUT2D eigenvalue weighted by atomic mass is 10.1. The summed E-state index contributed by atoms with van der Waals surface area (Å²) in [7, 11) is -3.26. The molecule has 0 saturated heterocycles. The number of halogens is 5. The summed E-state index contributed by atoms with van der Waals surface area (Å²) >= 11 is 1.43. The van der Waals surface area contributed by atoms with Crippen LogP contribution in [0.15, 0.2) is 63.4 Å². The zero-order valence-electron chi connectivity index (χ0n) is 18.4. The Morgan fingerprint density at radius 1 is 1.17 bits per heavy atom. The van der Waals surface area contributed by atoms with Crippen molar-refractivity contribution in [3.63, 3.8) is 0 Å². The highest BCUT2D eigenvalue weighted by Gasteiger charge is 2.38. The summed E-state index contributed by atoms with van der Waals surface area (Å²) in [5, 5.41) is 12.9. The molecule has 2 aromatic heterocycles. The molecule has 16 heteroatoms. The van der Waals surface area contributed by atoms with Gasteiger partial charge in [0, 0.05) is 23.3 Å². The molecule has 3 rings (SSSR count). The van der Waals surface area contributed by atoms with Crippen molar-refractivity contribution >= 4 is 27.1 Å². The van der Waals surface area contributed by atoms with E-state index in [1.54, 1.807) is 24.3 Å². The standard InChI is InChI=1S/C18H18F2N4O3S2.C2HF3O2/c1-29(26,27)16-4-2-12(3-5-16)13-6-15(28-10-13)9-23-11-22-24(18(23)25)8-14(7-21)17(19)20;3-2(4,5)1(6)7/h2-6,10-11H,7-9,21H2,1H3;(H,6,7). The summed E-state index contributed by atoms with van der Waals surface area (Å²) in [6, 6.07) is 8.42. The van der Waals surface area contributed by atoms with Crippen LogP contribution in [0.4, 0.5) is 22.0 Å². The minimum atomic E-state index is -5.08. The number of sulfone groups is 1. The first-order valence-electron chi connectivity index (χ1n) is 9.66. The van der Waals surface area contributed by atoms with Gasteiger partial charge in [-0.25, -0.2) is 22.7 Å². The Labute approximate surface area is 204 Å². The molecule has 0 aliphatic carbocycles. The van der Waals surface area contributed by atoms with Crippen LogP contribution in [0.3, 0.4) is 0 Å². The predicted molar refractivity (Wildman–Crippen MR) is 120 cm³/mol. The van der Waals surface area contributed by atoms with Crippen molar-refractivity contribution in [3.8, 4) is 11.1 Å². The molecule has 196 valence electrons. The lowest BCUT2D eigenvalue weighted by Gasteiger charge is -2.02. The molecule has 0 aliphatic rings. The molecule has 0 fully saturated rings. The number of aromatic nitrogens is 3. The minimum absolute atomic E-state index is 0.241. The van der Waals surface area contributed by atoms with Gasteiger partial charge in [-0.3, -0.25) is 4.57 Å². The van der Waals surface area contributed by atoms with Crippen LogP contribution in [0.2, 0.25) is 0 Å². The number of hydrogen-bond donors (Lipinski definition) is 2. The Kier molecular flexibility index (Phi) is 9.28. The Bertz CT molecular complexity index is 1400. The fraction of sp³-hybridized carbons (Fsp3) is 0.250. The van der Waals surface area contributed by atoms with E-state index in [0.717, 1.165) is 26.9 Å². The van der Waals surface area contributed by atoms with Crippen molar-refractivity contribution in [2.75, 3.05) is 12.8 Å². The Morgan fingerprint density at radius 3 is 2.22 bits per heavy atom. The van der Waals surface area contributed by atoms with Gasteiger partial charge in [0.15, 0.2) is 9.84 Å². The van der Waals surface area contributed by atoms with Crippen molar-refractivity contribution in [2.45, 2.75) is 24.2 Å². The van der Waals surface area contributed by atoms with E-state index in [4.69, 9.17) is 15.6 Å². The van der Waals surface area contributed by atoms with Gasteiger partial charge in [-0.1, -0.05) is 12.1 Å². The third-order valence-electron chi connectivity index (χ3n) is 4.49. The van der Waals surface area contributed by atoms with E-state index >= 15 is 0 Å². The number of carboxylic acid groups (broad SMARTS) is 1. The molecule has 9 nitrogen and oxygen atoms in total. The van der Waals surface area contributed by atoms with Gasteiger partial charge in [-0.2, -0.15) is 27.1 Å². The van der Waals surface area contributed by atoms with E-state index in [-0.39, 0.29) is 30.1 Å². The fourth-order valence-corrected chi connectivity index (χ4v) is 4.17. The number of carbonyl (C=O) groups is 1. The first-order valence-corrected chi connectivity index (χ1v) is 12.4. The number of carboxylic acids is 1. The van der Waals surface area contributed by atoms with E-state index in [1.807, 2.05) is 11.4 Å². The van der Waals surface area contributed by atoms with E-state index in [1.165, 1.54) is 22.2 Å². The summed E-state index contributed by atoms with van der Waals surface area (Å²) in [6.45, 7) is -0.466. The van der Waals surface area contributed by atoms with Crippen LogP contribution in [0, 0.1) is 0 Å². The molecule has 3 aromatic rings. The first kappa shape index (κ1) is 28.9. The molecule has 0 spiro atoms. The van der Waals surface area contributed by atoms with Gasteiger partial charge in [-0.05, 0) is 34.7 Å². The third kappa shape index (κ3) is 7.82. The van der Waals surface area contributed by atoms with Crippen molar-refractivity contribution < 1.29 is 40.3 Å². The Balaban J connectivity index is 0.000000572. The van der Waals surface area contributed by atoms with Crippen molar-refractivity contribution in [1.82, 2.24) is 14.3 Å². The number of nitrogens with two attached hydrogens (primary N) is 1. The summed E-state index contributed by atoms with van der Waals surface area (Å²) in [4.78, 5) is 22.4. The number of rotatable bonds is 7. The highest BCUT2D eigenvalue weighted by Crippen LogP contribution is 2.27. The SMILES string of the molecule is CS(=O)(=O)c1ccc(-c2csc(Cn3cnn(CC(CN)=C(F)F)c3=O)c2)cc1.O=C(O)C(F)(F)F. The maximum atomic E-state index is 12.7. The topological polar surface area (TPSA) is 137 Å². The summed E-state index contributed by atoms with van der Waals surface area (Å²) in [6.07, 6.45) is -4.54. The van der Waals surface area contributed by atoms with Gasteiger partial charge < -0.3 is 10.8 Å². The Morgan fingerprint density at radius 2 is 1.75 bits per heavy atom. The monoisotopic (exact) mass is 554 g/mol. The Hall–Kier alpha value is -3.37. The van der Waals surface area contributed by atoms with Gasteiger partial charge in [0.05, 0.1) is 18.0 Å². The van der Waals surface area contributed by atoms with Gasteiger partial charge in [0.25, 0.3) is 6.08 Å². The average Bonchev–Trinajstić information content (AvgIpc) is 3.38. The van der Waals surface area contributed by atoms with Crippen LogP contribution in [-0.2, 0) is 27.7 Å². The normalized spacial score (nSPS) is 11.5. The van der Waals surface area contributed by atoms with Gasteiger partial charge in [0.1, 0.15) is 6.33 Å². The largest absolute Gasteiger partial charge is 0.490 e. The molecular weight excluding hydrogens is 535 g/mol. The number of hydrogen-bond acceptors (Lipinski definition) is 7. The van der Waals surface area contributed by atoms with Gasteiger partial charge in [0.2, 0.25) is 0 Å². The second-order valence-corrected chi connectivity index (χ2v) is 10.2. The zero-order valence-corrected chi connectivity index (χ0v) is 20.0. The van der Waals surface area contributed by atoms with E-state index in [9.17, 15) is 35.2 Å². The van der Waals surface area contributed by atoms with Crippen LogP contribution in [0.25, 0.3) is 11.1 Å². The van der Waals surface area contributed by atoms with E-state index < -0.39 is 33.8 Å². The number of benzene rings is 1. The lowest BCUT2D eigenvalue weighted by Crippen LogP contribution is -2.27. The quantitative estimate of drug-likeness (QED) is 0.429. The number of thiophene rings is 1. The van der Waals surface area contributed by atoms with Crippen molar-refractivity contribution in [2.24, 2.45) is 5.73 Å². The van der Waals surface area contributed by atoms with Crippen LogP contribution in [-0.4, -0.2) is 52.8 Å². The van der Waals surface area contributed by atoms with E-state index in [2.05, 4.69) is 5.10 Å². The van der Waals surface area contributed by atoms with Crippen LogP contribution in [0.5, 0.6) is 0 Å². The van der Waals surface area contributed by atoms with Crippen LogP contribution in [0.1, 0.15) is 4.88 Å².